The third kappa shape index (κ3) is 3.35. The minimum absolute atomic E-state index is 0.0176. The second-order valence-electron chi connectivity index (χ2n) is 3.77. The number of nitrogens with one attached hydrogen (secondary N) is 2. The third-order valence-corrected chi connectivity index (χ3v) is 2.27. The predicted molar refractivity (Wildman–Crippen MR) is 65.2 cm³/mol. The largest absolute Gasteiger partial charge is 0.378 e. The molecule has 0 unspecified atom stereocenters. The molecule has 1 aromatic carbocycles. The molecule has 0 spiro atoms. The number of rotatable bonds is 4. The van der Waals surface area contributed by atoms with Crippen LogP contribution in [0.25, 0.3) is 0 Å². The molecule has 100 valence electrons. The van der Waals surface area contributed by atoms with Gasteiger partial charge in [0.2, 0.25) is 5.95 Å². The van der Waals surface area contributed by atoms with Gasteiger partial charge in [0.15, 0.2) is 0 Å². The van der Waals surface area contributed by atoms with Gasteiger partial charge in [-0.3, -0.25) is 9.78 Å². The van der Waals surface area contributed by atoms with Crippen molar-refractivity contribution in [1.29, 1.82) is 0 Å². The van der Waals surface area contributed by atoms with E-state index in [1.54, 1.807) is 0 Å². The number of aromatic nitrogens is 2. The Kier molecular flexibility index (Phi) is 3.86. The summed E-state index contributed by atoms with van der Waals surface area (Å²) in [6.07, 6.45) is 0. The van der Waals surface area contributed by atoms with Crippen LogP contribution in [0.1, 0.15) is 5.69 Å². The molecule has 0 amide bonds. The molecular weight excluding hydrogens is 256 g/mol. The second kappa shape index (κ2) is 5.57. The number of hydrogen-bond donors (Lipinski definition) is 2. The highest BCUT2D eigenvalue weighted by Gasteiger charge is 2.07. The van der Waals surface area contributed by atoms with Gasteiger partial charge in [0.05, 0.1) is 18.0 Å². The van der Waals surface area contributed by atoms with Gasteiger partial charge >= 0.3 is 0 Å². The lowest BCUT2D eigenvalue weighted by atomic mass is 10.3. The molecule has 0 fully saturated rings. The van der Waals surface area contributed by atoms with E-state index in [-0.39, 0.29) is 18.2 Å². The molecule has 1 heterocycles. The van der Waals surface area contributed by atoms with Crippen molar-refractivity contribution in [3.63, 3.8) is 0 Å². The van der Waals surface area contributed by atoms with E-state index in [0.29, 0.717) is 5.69 Å². The zero-order chi connectivity index (χ0) is 13.8. The van der Waals surface area contributed by atoms with Crippen LogP contribution in [0.3, 0.4) is 0 Å². The van der Waals surface area contributed by atoms with E-state index in [1.807, 2.05) is 0 Å². The molecule has 7 heteroatoms. The first-order chi connectivity index (χ1) is 9.08. The van der Waals surface area contributed by atoms with Gasteiger partial charge in [-0.25, -0.2) is 13.8 Å². The second-order valence-corrected chi connectivity index (χ2v) is 3.77. The Bertz CT molecular complexity index is 643. The van der Waals surface area contributed by atoms with Crippen LogP contribution in [0, 0.1) is 11.6 Å². The van der Waals surface area contributed by atoms with E-state index in [4.69, 9.17) is 4.74 Å². The van der Waals surface area contributed by atoms with Gasteiger partial charge in [-0.15, -0.1) is 0 Å². The quantitative estimate of drug-likeness (QED) is 0.888. The zero-order valence-corrected chi connectivity index (χ0v) is 10.0. The molecule has 2 rings (SSSR count). The topological polar surface area (TPSA) is 67.0 Å². The number of H-pyrrole nitrogens is 1. The lowest BCUT2D eigenvalue weighted by Crippen LogP contribution is -2.13. The minimum atomic E-state index is -0.652. The fourth-order valence-corrected chi connectivity index (χ4v) is 1.51. The highest BCUT2D eigenvalue weighted by atomic mass is 19.1. The molecule has 2 aromatic rings. The van der Waals surface area contributed by atoms with E-state index >= 15 is 0 Å². The average Bonchev–Trinajstić information content (AvgIpc) is 2.33. The first kappa shape index (κ1) is 13.2. The summed E-state index contributed by atoms with van der Waals surface area (Å²) >= 11 is 0. The van der Waals surface area contributed by atoms with E-state index in [9.17, 15) is 13.6 Å². The maximum absolute atomic E-state index is 13.4. The van der Waals surface area contributed by atoms with Crippen LogP contribution in [0.5, 0.6) is 0 Å². The van der Waals surface area contributed by atoms with Crippen LogP contribution in [0.15, 0.2) is 29.1 Å². The van der Waals surface area contributed by atoms with Crippen molar-refractivity contribution in [3.05, 3.63) is 51.9 Å². The molecule has 5 nitrogen and oxygen atoms in total. The van der Waals surface area contributed by atoms with Gasteiger partial charge < -0.3 is 10.1 Å². The SMILES string of the molecule is COCc1cc(=O)[nH]c(Nc2cc(F)ccc2F)n1. The van der Waals surface area contributed by atoms with E-state index in [1.165, 1.54) is 13.2 Å². The van der Waals surface area contributed by atoms with Gasteiger partial charge in [0.25, 0.3) is 5.56 Å². The van der Waals surface area contributed by atoms with Crippen molar-refractivity contribution < 1.29 is 13.5 Å². The Morgan fingerprint density at radius 1 is 1.37 bits per heavy atom. The van der Waals surface area contributed by atoms with E-state index in [2.05, 4.69) is 15.3 Å². The highest BCUT2D eigenvalue weighted by molar-refractivity contribution is 5.53. The molecule has 0 atom stereocenters. The van der Waals surface area contributed by atoms with Gasteiger partial charge in [-0.1, -0.05) is 0 Å². The molecule has 0 aliphatic heterocycles. The van der Waals surface area contributed by atoms with Gasteiger partial charge in [-0.05, 0) is 12.1 Å². The smallest absolute Gasteiger partial charge is 0.252 e. The Hall–Kier alpha value is -2.28. The first-order valence-electron chi connectivity index (χ1n) is 5.40. The lowest BCUT2D eigenvalue weighted by molar-refractivity contribution is 0.181. The van der Waals surface area contributed by atoms with Gasteiger partial charge in [0.1, 0.15) is 11.6 Å². The zero-order valence-electron chi connectivity index (χ0n) is 10.0. The number of methoxy groups -OCH3 is 1. The summed E-state index contributed by atoms with van der Waals surface area (Å²) in [6, 6.07) is 4.21. The van der Waals surface area contributed by atoms with E-state index in [0.717, 1.165) is 18.2 Å². The van der Waals surface area contributed by atoms with Gasteiger partial charge in [-0.2, -0.15) is 0 Å². The minimum Gasteiger partial charge on any atom is -0.378 e. The van der Waals surface area contributed by atoms with Crippen molar-refractivity contribution in [2.75, 3.05) is 12.4 Å². The molecule has 0 saturated heterocycles. The van der Waals surface area contributed by atoms with Crippen LogP contribution in [0.4, 0.5) is 20.4 Å². The number of aromatic amines is 1. The number of ether oxygens (including phenoxy) is 1. The summed E-state index contributed by atoms with van der Waals surface area (Å²) in [5, 5.41) is 2.52. The molecule has 2 N–H and O–H groups in total. The predicted octanol–water partition coefficient (Wildman–Crippen LogP) is 1.94. The van der Waals surface area contributed by atoms with Crippen molar-refractivity contribution in [2.45, 2.75) is 6.61 Å². The molecule has 1 aromatic heterocycles. The molecule has 0 aliphatic carbocycles. The number of anilines is 2. The number of halogens is 2. The standard InChI is InChI=1S/C12H11F2N3O2/c1-19-6-8-5-11(18)17-12(15-8)16-10-4-7(13)2-3-9(10)14/h2-5H,6H2,1H3,(H2,15,16,17,18). The van der Waals surface area contributed by atoms with Crippen LogP contribution < -0.4 is 10.9 Å². The number of benzene rings is 1. The molecule has 0 saturated carbocycles. The van der Waals surface area contributed by atoms with E-state index < -0.39 is 17.2 Å². The van der Waals surface area contributed by atoms with Crippen molar-refractivity contribution in [3.8, 4) is 0 Å². The summed E-state index contributed by atoms with van der Waals surface area (Å²) < 4.78 is 31.3. The first-order valence-corrected chi connectivity index (χ1v) is 5.40. The van der Waals surface area contributed by atoms with Crippen molar-refractivity contribution in [2.24, 2.45) is 0 Å². The Labute approximate surface area is 107 Å². The summed E-state index contributed by atoms with van der Waals surface area (Å²) in [4.78, 5) is 17.8. The van der Waals surface area contributed by atoms with Crippen LogP contribution in [-0.2, 0) is 11.3 Å². The number of hydrogen-bond acceptors (Lipinski definition) is 4. The summed E-state index contributed by atoms with van der Waals surface area (Å²) in [7, 11) is 1.46. The van der Waals surface area contributed by atoms with Crippen LogP contribution >= 0.6 is 0 Å². The fourth-order valence-electron chi connectivity index (χ4n) is 1.51. The molecular formula is C12H11F2N3O2. The maximum Gasteiger partial charge on any atom is 0.252 e. The Morgan fingerprint density at radius 3 is 2.89 bits per heavy atom. The molecule has 0 bridgehead atoms. The van der Waals surface area contributed by atoms with Crippen molar-refractivity contribution in [1.82, 2.24) is 9.97 Å². The van der Waals surface area contributed by atoms with Crippen LogP contribution in [0.2, 0.25) is 0 Å². The van der Waals surface area contributed by atoms with Crippen LogP contribution in [-0.4, -0.2) is 17.1 Å². The van der Waals surface area contributed by atoms with Crippen molar-refractivity contribution >= 4 is 11.6 Å². The highest BCUT2D eigenvalue weighted by Crippen LogP contribution is 2.18. The Balaban J connectivity index is 2.32. The molecule has 0 aliphatic rings. The molecule has 0 radical (unpaired) electrons. The summed E-state index contributed by atoms with van der Waals surface area (Å²) in [5.74, 6) is -1.23. The maximum atomic E-state index is 13.4. The monoisotopic (exact) mass is 267 g/mol. The molecule has 19 heavy (non-hydrogen) atoms. The average molecular weight is 267 g/mol. The lowest BCUT2D eigenvalue weighted by Gasteiger charge is -2.07. The third-order valence-electron chi connectivity index (χ3n) is 2.27. The Morgan fingerprint density at radius 2 is 2.16 bits per heavy atom. The fraction of sp³-hybridized carbons (Fsp3) is 0.167. The normalized spacial score (nSPS) is 10.5. The van der Waals surface area contributed by atoms with Gasteiger partial charge in [0, 0.05) is 19.2 Å². The number of nitrogens with zero attached hydrogens (tertiary/aromatic N) is 1. The summed E-state index contributed by atoms with van der Waals surface area (Å²) in [6.45, 7) is 0.143. The summed E-state index contributed by atoms with van der Waals surface area (Å²) in [5.41, 5.74) is -0.148.